The number of anilines is 1. The van der Waals surface area contributed by atoms with Gasteiger partial charge in [0.2, 0.25) is 0 Å². The van der Waals surface area contributed by atoms with E-state index in [1.165, 1.54) is 23.1 Å². The van der Waals surface area contributed by atoms with Gasteiger partial charge in [0.25, 0.3) is 0 Å². The van der Waals surface area contributed by atoms with Crippen LogP contribution in [0.3, 0.4) is 0 Å². The van der Waals surface area contributed by atoms with Gasteiger partial charge in [0.05, 0.1) is 22.9 Å². The van der Waals surface area contributed by atoms with Gasteiger partial charge in [0.15, 0.2) is 0 Å². The maximum atomic E-state index is 13.1. The highest BCUT2D eigenvalue weighted by atomic mass is 35.5. The molecule has 0 spiro atoms. The number of urea groups is 1. The standard InChI is InChI=1S/C13H16ClFN2O2/c1-2-13(19)5-6-17(8-13)12(18)16-11-7-9(15)3-4-10(11)14/h3-4,7,19H,2,5-6,8H2,1H3,(H,16,18). The summed E-state index contributed by atoms with van der Waals surface area (Å²) in [5, 5.41) is 12.9. The third-order valence-electron chi connectivity index (χ3n) is 3.45. The van der Waals surface area contributed by atoms with E-state index in [2.05, 4.69) is 5.32 Å². The molecule has 6 heteroatoms. The molecule has 0 aliphatic carbocycles. The van der Waals surface area contributed by atoms with Crippen molar-refractivity contribution < 1.29 is 14.3 Å². The lowest BCUT2D eigenvalue weighted by Crippen LogP contribution is -2.37. The minimum Gasteiger partial charge on any atom is -0.388 e. The second kappa shape index (κ2) is 5.35. The van der Waals surface area contributed by atoms with E-state index in [0.29, 0.717) is 19.4 Å². The molecule has 1 aromatic rings. The second-order valence-electron chi connectivity index (χ2n) is 4.80. The monoisotopic (exact) mass is 286 g/mol. The number of rotatable bonds is 2. The zero-order valence-electron chi connectivity index (χ0n) is 10.6. The number of benzene rings is 1. The Bertz CT molecular complexity index is 498. The fraction of sp³-hybridized carbons (Fsp3) is 0.462. The van der Waals surface area contributed by atoms with E-state index in [1.807, 2.05) is 6.92 Å². The Morgan fingerprint density at radius 1 is 1.63 bits per heavy atom. The van der Waals surface area contributed by atoms with Crippen LogP contribution in [-0.2, 0) is 0 Å². The number of hydrogen-bond donors (Lipinski definition) is 2. The molecule has 2 rings (SSSR count). The third kappa shape index (κ3) is 3.16. The quantitative estimate of drug-likeness (QED) is 0.878. The van der Waals surface area contributed by atoms with Crippen LogP contribution in [0.5, 0.6) is 0 Å². The van der Waals surface area contributed by atoms with Gasteiger partial charge in [0, 0.05) is 6.54 Å². The fourth-order valence-corrected chi connectivity index (χ4v) is 2.27. The topological polar surface area (TPSA) is 52.6 Å². The van der Waals surface area contributed by atoms with Gasteiger partial charge in [0.1, 0.15) is 5.82 Å². The Morgan fingerprint density at radius 2 is 2.37 bits per heavy atom. The number of hydrogen-bond acceptors (Lipinski definition) is 2. The van der Waals surface area contributed by atoms with E-state index < -0.39 is 11.4 Å². The molecule has 1 unspecified atom stereocenters. The molecule has 0 aromatic heterocycles. The van der Waals surface area contributed by atoms with Crippen LogP contribution in [0.15, 0.2) is 18.2 Å². The van der Waals surface area contributed by atoms with Crippen LogP contribution in [-0.4, -0.2) is 34.7 Å². The van der Waals surface area contributed by atoms with Crippen LogP contribution < -0.4 is 5.32 Å². The Hall–Kier alpha value is -1.33. The average Bonchev–Trinajstić information content (AvgIpc) is 2.77. The number of aliphatic hydroxyl groups is 1. The molecular formula is C13H16ClFN2O2. The predicted molar refractivity (Wildman–Crippen MR) is 71.9 cm³/mol. The lowest BCUT2D eigenvalue weighted by Gasteiger charge is -2.22. The SMILES string of the molecule is CCC1(O)CCN(C(=O)Nc2cc(F)ccc2Cl)C1. The highest BCUT2D eigenvalue weighted by molar-refractivity contribution is 6.33. The number of nitrogens with one attached hydrogen (secondary N) is 1. The van der Waals surface area contributed by atoms with Gasteiger partial charge in [-0.05, 0) is 31.0 Å². The lowest BCUT2D eigenvalue weighted by molar-refractivity contribution is 0.0492. The fourth-order valence-electron chi connectivity index (χ4n) is 2.11. The minimum absolute atomic E-state index is 0.235. The summed E-state index contributed by atoms with van der Waals surface area (Å²) in [6.07, 6.45) is 1.14. The normalized spacial score (nSPS) is 22.6. The van der Waals surface area contributed by atoms with E-state index in [1.54, 1.807) is 0 Å². The summed E-state index contributed by atoms with van der Waals surface area (Å²) in [4.78, 5) is 13.5. The minimum atomic E-state index is -0.816. The van der Waals surface area contributed by atoms with Gasteiger partial charge in [-0.15, -0.1) is 0 Å². The predicted octanol–water partition coefficient (Wildman–Crippen LogP) is 2.86. The molecular weight excluding hydrogens is 271 g/mol. The van der Waals surface area contributed by atoms with Crippen molar-refractivity contribution in [3.05, 3.63) is 29.0 Å². The summed E-state index contributed by atoms with van der Waals surface area (Å²) >= 11 is 5.88. The van der Waals surface area contributed by atoms with E-state index in [9.17, 15) is 14.3 Å². The maximum absolute atomic E-state index is 13.1. The molecule has 1 atom stereocenters. The zero-order valence-corrected chi connectivity index (χ0v) is 11.4. The van der Waals surface area contributed by atoms with Crippen LogP contribution in [0.1, 0.15) is 19.8 Å². The summed E-state index contributed by atoms with van der Waals surface area (Å²) in [7, 11) is 0. The molecule has 2 amide bonds. The first kappa shape index (κ1) is 14.1. The van der Waals surface area contributed by atoms with Crippen LogP contribution in [0, 0.1) is 5.82 Å². The van der Waals surface area contributed by atoms with Gasteiger partial charge < -0.3 is 15.3 Å². The van der Waals surface area contributed by atoms with E-state index >= 15 is 0 Å². The maximum Gasteiger partial charge on any atom is 0.321 e. The first-order chi connectivity index (χ1) is 8.93. The van der Waals surface area contributed by atoms with Crippen molar-refractivity contribution in [2.45, 2.75) is 25.4 Å². The highest BCUT2D eigenvalue weighted by Gasteiger charge is 2.36. The molecule has 1 fully saturated rings. The van der Waals surface area contributed by atoms with Crippen molar-refractivity contribution in [1.29, 1.82) is 0 Å². The second-order valence-corrected chi connectivity index (χ2v) is 5.21. The van der Waals surface area contributed by atoms with E-state index in [0.717, 1.165) is 0 Å². The van der Waals surface area contributed by atoms with Crippen LogP contribution in [0.25, 0.3) is 0 Å². The highest BCUT2D eigenvalue weighted by Crippen LogP contribution is 2.26. The van der Waals surface area contributed by atoms with Crippen molar-refractivity contribution in [1.82, 2.24) is 4.90 Å². The molecule has 4 nitrogen and oxygen atoms in total. The molecule has 1 aromatic carbocycles. The Morgan fingerprint density at radius 3 is 3.00 bits per heavy atom. The Kier molecular flexibility index (Phi) is 3.96. The van der Waals surface area contributed by atoms with Crippen molar-refractivity contribution in [2.24, 2.45) is 0 Å². The number of halogens is 2. The smallest absolute Gasteiger partial charge is 0.321 e. The van der Waals surface area contributed by atoms with Gasteiger partial charge >= 0.3 is 6.03 Å². The molecule has 19 heavy (non-hydrogen) atoms. The molecule has 0 saturated carbocycles. The van der Waals surface area contributed by atoms with Gasteiger partial charge in [-0.3, -0.25) is 0 Å². The number of carbonyl (C=O) groups excluding carboxylic acids is 1. The summed E-state index contributed by atoms with van der Waals surface area (Å²) in [5.74, 6) is -0.466. The molecule has 1 saturated heterocycles. The van der Waals surface area contributed by atoms with Gasteiger partial charge in [-0.25, -0.2) is 9.18 Å². The summed E-state index contributed by atoms with van der Waals surface area (Å²) in [6.45, 7) is 2.64. The summed E-state index contributed by atoms with van der Waals surface area (Å²) in [6, 6.07) is 3.40. The zero-order chi connectivity index (χ0) is 14.0. The summed E-state index contributed by atoms with van der Waals surface area (Å²) < 4.78 is 13.1. The number of amides is 2. The van der Waals surface area contributed by atoms with Gasteiger partial charge in [-0.1, -0.05) is 18.5 Å². The summed E-state index contributed by atoms with van der Waals surface area (Å²) in [5.41, 5.74) is -0.582. The van der Waals surface area contributed by atoms with Gasteiger partial charge in [-0.2, -0.15) is 0 Å². The van der Waals surface area contributed by atoms with Crippen molar-refractivity contribution >= 4 is 23.3 Å². The van der Waals surface area contributed by atoms with Crippen LogP contribution in [0.4, 0.5) is 14.9 Å². The van der Waals surface area contributed by atoms with Crippen LogP contribution >= 0.6 is 11.6 Å². The first-order valence-electron chi connectivity index (χ1n) is 6.17. The molecule has 1 aliphatic heterocycles. The number of nitrogens with zero attached hydrogens (tertiary/aromatic N) is 1. The Labute approximate surface area is 116 Å². The first-order valence-corrected chi connectivity index (χ1v) is 6.55. The van der Waals surface area contributed by atoms with Crippen LogP contribution in [0.2, 0.25) is 5.02 Å². The average molecular weight is 287 g/mol. The molecule has 1 heterocycles. The number of likely N-dealkylation sites (tertiary alicyclic amines) is 1. The number of carbonyl (C=O) groups is 1. The Balaban J connectivity index is 2.04. The molecule has 104 valence electrons. The third-order valence-corrected chi connectivity index (χ3v) is 3.78. The lowest BCUT2D eigenvalue weighted by atomic mass is 10.0. The molecule has 2 N–H and O–H groups in total. The molecule has 1 aliphatic rings. The van der Waals surface area contributed by atoms with Crippen molar-refractivity contribution in [2.75, 3.05) is 18.4 Å². The van der Waals surface area contributed by atoms with Crippen molar-refractivity contribution in [3.63, 3.8) is 0 Å². The van der Waals surface area contributed by atoms with Crippen molar-refractivity contribution in [3.8, 4) is 0 Å². The number of β-amino-alcohol motifs (C(OH)–C–C–N with tert-alkyl or cyclic N) is 1. The van der Waals surface area contributed by atoms with E-state index in [-0.39, 0.29) is 23.3 Å². The molecule has 0 radical (unpaired) electrons. The largest absolute Gasteiger partial charge is 0.388 e. The molecule has 0 bridgehead atoms. The van der Waals surface area contributed by atoms with E-state index in [4.69, 9.17) is 11.6 Å².